The molecule has 18 heavy (non-hydrogen) atoms. The Bertz CT molecular complexity index is 590. The molecule has 0 radical (unpaired) electrons. The number of halogens is 1. The third-order valence-electron chi connectivity index (χ3n) is 3.25. The van der Waals surface area contributed by atoms with Crippen LogP contribution in [0.2, 0.25) is 0 Å². The van der Waals surface area contributed by atoms with Crippen molar-refractivity contribution in [1.82, 2.24) is 14.8 Å². The number of hydrogen-bond acceptors (Lipinski definition) is 3. The molecule has 94 valence electrons. The van der Waals surface area contributed by atoms with Crippen LogP contribution in [0.25, 0.3) is 11.4 Å². The number of aliphatic hydroxyl groups excluding tert-OH is 1. The zero-order valence-electron chi connectivity index (χ0n) is 10.1. The highest BCUT2D eigenvalue weighted by Crippen LogP contribution is 2.39. The van der Waals surface area contributed by atoms with Gasteiger partial charge in [0.15, 0.2) is 11.6 Å². The summed E-state index contributed by atoms with van der Waals surface area (Å²) in [5.41, 5.74) is 1.04. The van der Waals surface area contributed by atoms with Crippen LogP contribution < -0.4 is 0 Å². The minimum Gasteiger partial charge on any atom is -0.388 e. The average Bonchev–Trinajstić information content (AvgIpc) is 3.12. The molecule has 1 fully saturated rings. The van der Waals surface area contributed by atoms with E-state index in [0.29, 0.717) is 28.8 Å². The molecule has 1 heterocycles. The summed E-state index contributed by atoms with van der Waals surface area (Å²) in [6, 6.07) is 5.53. The molecule has 0 atom stereocenters. The molecule has 1 aliphatic rings. The van der Waals surface area contributed by atoms with Gasteiger partial charge in [0, 0.05) is 6.04 Å². The molecule has 1 saturated carbocycles. The lowest BCUT2D eigenvalue weighted by molar-refractivity contribution is 0.265. The highest BCUT2D eigenvalue weighted by molar-refractivity contribution is 5.58. The van der Waals surface area contributed by atoms with Gasteiger partial charge in [-0.3, -0.25) is 0 Å². The largest absolute Gasteiger partial charge is 0.388 e. The van der Waals surface area contributed by atoms with Gasteiger partial charge in [0.1, 0.15) is 12.4 Å². The molecule has 1 aromatic heterocycles. The first kappa shape index (κ1) is 11.3. The standard InChI is InChI=1S/C13H14FN3O/c1-8-3-2-4-10(12(8)14)13-16-15-11(7-18)17(13)9-5-6-9/h2-4,9,18H,5-7H2,1H3. The number of hydrogen-bond donors (Lipinski definition) is 1. The normalized spacial score (nSPS) is 15.1. The van der Waals surface area contributed by atoms with Gasteiger partial charge in [-0.1, -0.05) is 12.1 Å². The monoisotopic (exact) mass is 247 g/mol. The molecule has 5 heteroatoms. The Balaban J connectivity index is 2.17. The van der Waals surface area contributed by atoms with Crippen LogP contribution in [0, 0.1) is 12.7 Å². The fourth-order valence-corrected chi connectivity index (χ4v) is 2.15. The lowest BCUT2D eigenvalue weighted by atomic mass is 10.1. The van der Waals surface area contributed by atoms with Crippen molar-refractivity contribution in [2.45, 2.75) is 32.4 Å². The van der Waals surface area contributed by atoms with Gasteiger partial charge in [0.05, 0.1) is 5.56 Å². The molecule has 0 saturated heterocycles. The Kier molecular flexibility index (Phi) is 2.63. The molecule has 2 aromatic rings. The zero-order chi connectivity index (χ0) is 12.7. The van der Waals surface area contributed by atoms with Crippen LogP contribution >= 0.6 is 0 Å². The van der Waals surface area contributed by atoms with Gasteiger partial charge in [-0.25, -0.2) is 4.39 Å². The highest BCUT2D eigenvalue weighted by Gasteiger charge is 2.30. The van der Waals surface area contributed by atoms with E-state index in [4.69, 9.17) is 0 Å². The maximum Gasteiger partial charge on any atom is 0.167 e. The van der Waals surface area contributed by atoms with Crippen molar-refractivity contribution in [3.63, 3.8) is 0 Å². The molecule has 3 rings (SSSR count). The van der Waals surface area contributed by atoms with Crippen LogP contribution in [0.15, 0.2) is 18.2 Å². The molecule has 1 aromatic carbocycles. The van der Waals surface area contributed by atoms with Crippen molar-refractivity contribution in [3.05, 3.63) is 35.4 Å². The average molecular weight is 247 g/mol. The van der Waals surface area contributed by atoms with Crippen LogP contribution in [0.3, 0.4) is 0 Å². The number of benzene rings is 1. The molecular weight excluding hydrogens is 233 g/mol. The zero-order valence-corrected chi connectivity index (χ0v) is 10.1. The Morgan fingerprint density at radius 2 is 2.17 bits per heavy atom. The Morgan fingerprint density at radius 3 is 2.83 bits per heavy atom. The second-order valence-corrected chi connectivity index (χ2v) is 4.64. The summed E-state index contributed by atoms with van der Waals surface area (Å²) >= 11 is 0. The first-order chi connectivity index (χ1) is 8.72. The number of nitrogens with zero attached hydrogens (tertiary/aromatic N) is 3. The fourth-order valence-electron chi connectivity index (χ4n) is 2.15. The van der Waals surface area contributed by atoms with Crippen molar-refractivity contribution < 1.29 is 9.50 Å². The van der Waals surface area contributed by atoms with Gasteiger partial charge in [0.25, 0.3) is 0 Å². The molecule has 4 nitrogen and oxygen atoms in total. The van der Waals surface area contributed by atoms with Crippen molar-refractivity contribution in [1.29, 1.82) is 0 Å². The Hall–Kier alpha value is -1.75. The maximum absolute atomic E-state index is 14.1. The topological polar surface area (TPSA) is 50.9 Å². The van der Waals surface area contributed by atoms with Gasteiger partial charge in [-0.2, -0.15) is 0 Å². The van der Waals surface area contributed by atoms with Gasteiger partial charge in [-0.15, -0.1) is 10.2 Å². The fraction of sp³-hybridized carbons (Fsp3) is 0.385. The van der Waals surface area contributed by atoms with Crippen molar-refractivity contribution >= 4 is 0 Å². The lowest BCUT2D eigenvalue weighted by Gasteiger charge is -2.09. The van der Waals surface area contributed by atoms with E-state index < -0.39 is 0 Å². The highest BCUT2D eigenvalue weighted by atomic mass is 19.1. The van der Waals surface area contributed by atoms with E-state index in [2.05, 4.69) is 10.2 Å². The van der Waals surface area contributed by atoms with Gasteiger partial charge in [-0.05, 0) is 31.4 Å². The summed E-state index contributed by atoms with van der Waals surface area (Å²) in [6.07, 6.45) is 2.07. The molecule has 0 amide bonds. The van der Waals surface area contributed by atoms with E-state index in [9.17, 15) is 9.50 Å². The molecule has 1 N–H and O–H groups in total. The summed E-state index contributed by atoms with van der Waals surface area (Å²) in [7, 11) is 0. The van der Waals surface area contributed by atoms with E-state index >= 15 is 0 Å². The molecule has 0 bridgehead atoms. The molecule has 0 aliphatic heterocycles. The number of rotatable bonds is 3. The maximum atomic E-state index is 14.1. The summed E-state index contributed by atoms with van der Waals surface area (Å²) in [4.78, 5) is 0. The van der Waals surface area contributed by atoms with Crippen LogP contribution in [-0.2, 0) is 6.61 Å². The van der Waals surface area contributed by atoms with Crippen molar-refractivity contribution in [2.75, 3.05) is 0 Å². The minimum atomic E-state index is -0.267. The number of aromatic nitrogens is 3. The van der Waals surface area contributed by atoms with Gasteiger partial charge >= 0.3 is 0 Å². The third-order valence-corrected chi connectivity index (χ3v) is 3.25. The first-order valence-corrected chi connectivity index (χ1v) is 6.02. The van der Waals surface area contributed by atoms with Crippen molar-refractivity contribution in [3.8, 4) is 11.4 Å². The Morgan fingerprint density at radius 1 is 1.39 bits per heavy atom. The van der Waals surface area contributed by atoms with E-state index in [0.717, 1.165) is 12.8 Å². The van der Waals surface area contributed by atoms with Crippen molar-refractivity contribution in [2.24, 2.45) is 0 Å². The second kappa shape index (κ2) is 4.17. The summed E-state index contributed by atoms with van der Waals surface area (Å²) < 4.78 is 16.0. The third kappa shape index (κ3) is 1.71. The van der Waals surface area contributed by atoms with Crippen LogP contribution in [0.5, 0.6) is 0 Å². The smallest absolute Gasteiger partial charge is 0.167 e. The summed E-state index contributed by atoms with van der Waals surface area (Å²) in [5, 5.41) is 17.2. The van der Waals surface area contributed by atoms with Gasteiger partial charge < -0.3 is 9.67 Å². The quantitative estimate of drug-likeness (QED) is 0.904. The Labute approximate surface area is 104 Å². The van der Waals surface area contributed by atoms with E-state index in [-0.39, 0.29) is 12.4 Å². The molecule has 1 aliphatic carbocycles. The predicted molar refractivity (Wildman–Crippen MR) is 64.3 cm³/mol. The molecule has 0 spiro atoms. The van der Waals surface area contributed by atoms with Crippen LogP contribution in [0.4, 0.5) is 4.39 Å². The SMILES string of the molecule is Cc1cccc(-c2nnc(CO)n2C2CC2)c1F. The number of aryl methyl sites for hydroxylation is 1. The van der Waals surface area contributed by atoms with Crippen LogP contribution in [-0.4, -0.2) is 19.9 Å². The number of aliphatic hydroxyl groups is 1. The predicted octanol–water partition coefficient (Wildman–Crippen LogP) is 2.22. The van der Waals surface area contributed by atoms with Gasteiger partial charge in [0.2, 0.25) is 0 Å². The van der Waals surface area contributed by atoms with E-state index in [1.54, 1.807) is 25.1 Å². The second-order valence-electron chi connectivity index (χ2n) is 4.64. The lowest BCUT2D eigenvalue weighted by Crippen LogP contribution is -2.04. The summed E-state index contributed by atoms with van der Waals surface area (Å²) in [6.45, 7) is 1.56. The minimum absolute atomic E-state index is 0.170. The molecular formula is C13H14FN3O. The molecule has 0 unspecified atom stereocenters. The summed E-state index contributed by atoms with van der Waals surface area (Å²) in [5.74, 6) is 0.757. The van der Waals surface area contributed by atoms with Crippen LogP contribution in [0.1, 0.15) is 30.3 Å². The van der Waals surface area contributed by atoms with E-state index in [1.165, 1.54) is 0 Å². The first-order valence-electron chi connectivity index (χ1n) is 6.02. The van der Waals surface area contributed by atoms with E-state index in [1.807, 2.05) is 4.57 Å².